The van der Waals surface area contributed by atoms with Crippen LogP contribution in [0.5, 0.6) is 0 Å². The van der Waals surface area contributed by atoms with E-state index < -0.39 is 0 Å². The van der Waals surface area contributed by atoms with Crippen molar-refractivity contribution in [2.75, 3.05) is 0 Å². The molecule has 0 fully saturated rings. The van der Waals surface area contributed by atoms with Gasteiger partial charge in [0.25, 0.3) is 0 Å². The number of pyridine rings is 1. The van der Waals surface area contributed by atoms with Crippen LogP contribution in [0.3, 0.4) is 0 Å². The average molecular weight is 266 g/mol. The van der Waals surface area contributed by atoms with Gasteiger partial charge in [0.15, 0.2) is 0 Å². The Morgan fingerprint density at radius 1 is 1.10 bits per heavy atom. The van der Waals surface area contributed by atoms with Gasteiger partial charge in [-0.3, -0.25) is 9.67 Å². The van der Waals surface area contributed by atoms with E-state index in [1.165, 1.54) is 16.5 Å². The van der Waals surface area contributed by atoms with Crippen molar-refractivity contribution in [3.8, 4) is 0 Å². The van der Waals surface area contributed by atoms with E-state index in [-0.39, 0.29) is 0 Å². The first-order valence-electron chi connectivity index (χ1n) is 6.92. The van der Waals surface area contributed by atoms with Gasteiger partial charge in [-0.05, 0) is 24.6 Å². The van der Waals surface area contributed by atoms with E-state index in [0.717, 1.165) is 25.3 Å². The predicted molar refractivity (Wildman–Crippen MR) is 80.2 cm³/mol. The minimum Gasteiger partial charge on any atom is -0.307 e. The molecule has 0 radical (unpaired) electrons. The monoisotopic (exact) mass is 266 g/mol. The Balaban J connectivity index is 1.74. The van der Waals surface area contributed by atoms with Crippen molar-refractivity contribution >= 4 is 10.9 Å². The zero-order valence-electron chi connectivity index (χ0n) is 11.6. The molecule has 1 N–H and O–H groups in total. The van der Waals surface area contributed by atoms with Crippen LogP contribution in [0.2, 0.25) is 0 Å². The highest BCUT2D eigenvalue weighted by Gasteiger charge is 2.08. The van der Waals surface area contributed by atoms with E-state index in [2.05, 4.69) is 57.3 Å². The Labute approximate surface area is 118 Å². The van der Waals surface area contributed by atoms with Crippen LogP contribution in [-0.2, 0) is 19.6 Å². The molecule has 3 aromatic rings. The van der Waals surface area contributed by atoms with Crippen LogP contribution < -0.4 is 5.32 Å². The molecule has 1 aromatic carbocycles. The largest absolute Gasteiger partial charge is 0.307 e. The van der Waals surface area contributed by atoms with Crippen molar-refractivity contribution < 1.29 is 0 Å². The van der Waals surface area contributed by atoms with E-state index in [9.17, 15) is 0 Å². The molecule has 0 aliphatic carbocycles. The molecule has 0 saturated heterocycles. The lowest BCUT2D eigenvalue weighted by molar-refractivity contribution is 0.631. The second-order valence-corrected chi connectivity index (χ2v) is 4.74. The molecular formula is C16H18N4. The number of aromatic nitrogens is 3. The molecule has 102 valence electrons. The van der Waals surface area contributed by atoms with Gasteiger partial charge in [-0.2, -0.15) is 5.10 Å². The molecule has 0 unspecified atom stereocenters. The summed E-state index contributed by atoms with van der Waals surface area (Å²) in [7, 11) is 0. The highest BCUT2D eigenvalue weighted by molar-refractivity contribution is 5.81. The fourth-order valence-electron chi connectivity index (χ4n) is 2.40. The molecule has 2 heterocycles. The maximum atomic E-state index is 4.68. The summed E-state index contributed by atoms with van der Waals surface area (Å²) in [4.78, 5) is 4.12. The predicted octanol–water partition coefficient (Wildman–Crippen LogP) is 2.74. The summed E-state index contributed by atoms with van der Waals surface area (Å²) in [6, 6.07) is 12.4. The number of hydrogen-bond acceptors (Lipinski definition) is 3. The number of aryl methyl sites for hydroxylation is 1. The highest BCUT2D eigenvalue weighted by Crippen LogP contribution is 2.18. The maximum absolute atomic E-state index is 4.68. The van der Waals surface area contributed by atoms with Crippen LogP contribution in [0.4, 0.5) is 0 Å². The first-order valence-corrected chi connectivity index (χ1v) is 6.92. The summed E-state index contributed by atoms with van der Waals surface area (Å²) < 4.78 is 2.05. The minimum atomic E-state index is 0.766. The van der Waals surface area contributed by atoms with Crippen molar-refractivity contribution in [3.63, 3.8) is 0 Å². The fourth-order valence-corrected chi connectivity index (χ4v) is 2.40. The van der Waals surface area contributed by atoms with E-state index >= 15 is 0 Å². The van der Waals surface area contributed by atoms with Crippen LogP contribution in [0.25, 0.3) is 10.9 Å². The van der Waals surface area contributed by atoms with E-state index in [4.69, 9.17) is 0 Å². The lowest BCUT2D eigenvalue weighted by Gasteiger charge is -2.02. The quantitative estimate of drug-likeness (QED) is 0.772. The number of nitrogens with one attached hydrogen (secondary N) is 1. The van der Waals surface area contributed by atoms with Crippen LogP contribution in [0.1, 0.15) is 18.2 Å². The van der Waals surface area contributed by atoms with Crippen LogP contribution >= 0.6 is 0 Å². The third-order valence-corrected chi connectivity index (χ3v) is 3.38. The van der Waals surface area contributed by atoms with Crippen molar-refractivity contribution in [2.45, 2.75) is 26.6 Å². The number of nitrogens with zero attached hydrogens (tertiary/aromatic N) is 3. The van der Waals surface area contributed by atoms with Crippen LogP contribution in [0, 0.1) is 0 Å². The Morgan fingerprint density at radius 2 is 2.00 bits per heavy atom. The van der Waals surface area contributed by atoms with E-state index in [1.54, 1.807) is 6.20 Å². The summed E-state index contributed by atoms with van der Waals surface area (Å²) in [5.74, 6) is 0. The van der Waals surface area contributed by atoms with Gasteiger partial charge in [0, 0.05) is 37.4 Å². The van der Waals surface area contributed by atoms with Crippen molar-refractivity contribution in [1.29, 1.82) is 0 Å². The topological polar surface area (TPSA) is 42.7 Å². The van der Waals surface area contributed by atoms with Gasteiger partial charge in [-0.1, -0.05) is 24.3 Å². The SMILES string of the molecule is CCn1nc(CNCc2cccnc2)c2ccccc21. The molecule has 0 atom stereocenters. The van der Waals surface area contributed by atoms with Gasteiger partial charge >= 0.3 is 0 Å². The van der Waals surface area contributed by atoms with Gasteiger partial charge in [-0.25, -0.2) is 0 Å². The van der Waals surface area contributed by atoms with Crippen molar-refractivity contribution in [1.82, 2.24) is 20.1 Å². The first kappa shape index (κ1) is 12.8. The van der Waals surface area contributed by atoms with Crippen molar-refractivity contribution in [3.05, 3.63) is 60.0 Å². The smallest absolute Gasteiger partial charge is 0.0841 e. The molecule has 0 spiro atoms. The van der Waals surface area contributed by atoms with Crippen LogP contribution in [0.15, 0.2) is 48.8 Å². The molecule has 0 aliphatic heterocycles. The summed E-state index contributed by atoms with van der Waals surface area (Å²) in [5, 5.41) is 9.34. The molecule has 0 amide bonds. The van der Waals surface area contributed by atoms with Crippen LogP contribution in [-0.4, -0.2) is 14.8 Å². The van der Waals surface area contributed by atoms with Gasteiger partial charge < -0.3 is 5.32 Å². The summed E-state index contributed by atoms with van der Waals surface area (Å²) >= 11 is 0. The normalized spacial score (nSPS) is 11.1. The molecule has 3 rings (SSSR count). The zero-order chi connectivity index (χ0) is 13.8. The molecule has 4 heteroatoms. The molecule has 0 bridgehead atoms. The maximum Gasteiger partial charge on any atom is 0.0841 e. The summed E-state index contributed by atoms with van der Waals surface area (Å²) in [6.07, 6.45) is 3.68. The second-order valence-electron chi connectivity index (χ2n) is 4.74. The Bertz CT molecular complexity index is 688. The number of benzene rings is 1. The van der Waals surface area contributed by atoms with E-state index in [1.807, 2.05) is 12.3 Å². The zero-order valence-corrected chi connectivity index (χ0v) is 11.6. The summed E-state index contributed by atoms with van der Waals surface area (Å²) in [6.45, 7) is 4.58. The minimum absolute atomic E-state index is 0.766. The third kappa shape index (κ3) is 2.56. The van der Waals surface area contributed by atoms with Crippen molar-refractivity contribution in [2.24, 2.45) is 0 Å². The fraction of sp³-hybridized carbons (Fsp3) is 0.250. The standard InChI is InChI=1S/C16H18N4/c1-2-20-16-8-4-3-7-14(16)15(19-20)12-18-11-13-6-5-9-17-10-13/h3-10,18H,2,11-12H2,1H3. The molecule has 0 aliphatic rings. The Kier molecular flexibility index (Phi) is 3.74. The number of hydrogen-bond donors (Lipinski definition) is 1. The molecular weight excluding hydrogens is 248 g/mol. The molecule has 4 nitrogen and oxygen atoms in total. The average Bonchev–Trinajstić information content (AvgIpc) is 2.87. The van der Waals surface area contributed by atoms with Gasteiger partial charge in [0.05, 0.1) is 11.2 Å². The molecule has 20 heavy (non-hydrogen) atoms. The second kappa shape index (κ2) is 5.84. The van der Waals surface area contributed by atoms with Gasteiger partial charge in [-0.15, -0.1) is 0 Å². The summed E-state index contributed by atoms with van der Waals surface area (Å²) in [5.41, 5.74) is 3.49. The number of para-hydroxylation sites is 1. The van der Waals surface area contributed by atoms with Gasteiger partial charge in [0.1, 0.15) is 0 Å². The lowest BCUT2D eigenvalue weighted by Crippen LogP contribution is -2.13. The molecule has 0 saturated carbocycles. The Morgan fingerprint density at radius 3 is 2.80 bits per heavy atom. The van der Waals surface area contributed by atoms with Gasteiger partial charge in [0.2, 0.25) is 0 Å². The number of fused-ring (bicyclic) bond motifs is 1. The third-order valence-electron chi connectivity index (χ3n) is 3.38. The first-order chi connectivity index (χ1) is 9.88. The number of rotatable bonds is 5. The van der Waals surface area contributed by atoms with E-state index in [0.29, 0.717) is 0 Å². The Hall–Kier alpha value is -2.20. The lowest BCUT2D eigenvalue weighted by atomic mass is 10.2. The highest BCUT2D eigenvalue weighted by atomic mass is 15.3. The molecule has 2 aromatic heterocycles.